The van der Waals surface area contributed by atoms with E-state index in [9.17, 15) is 13.2 Å². The third-order valence-electron chi connectivity index (χ3n) is 2.56. The molecule has 0 aliphatic heterocycles. The van der Waals surface area contributed by atoms with Crippen molar-refractivity contribution in [2.75, 3.05) is 12.8 Å². The van der Waals surface area contributed by atoms with Crippen molar-refractivity contribution in [3.05, 3.63) is 6.33 Å². The quantitative estimate of drug-likeness (QED) is 0.919. The standard InChI is InChI=1S/C10H12F3N5O/c1-19-8-6-7(15-5-16-8)18(9(14)17-6)4-2-3-10(11,12)13/h5H,2-4H2,1H3,(H2,14,17). The van der Waals surface area contributed by atoms with Gasteiger partial charge >= 0.3 is 6.18 Å². The summed E-state index contributed by atoms with van der Waals surface area (Å²) in [5, 5.41) is 0. The van der Waals surface area contributed by atoms with Gasteiger partial charge in [-0.3, -0.25) is 4.57 Å². The van der Waals surface area contributed by atoms with Crippen molar-refractivity contribution in [3.8, 4) is 5.88 Å². The Kier molecular flexibility index (Phi) is 3.45. The maximum Gasteiger partial charge on any atom is 0.389 e. The number of ether oxygens (including phenoxy) is 1. The number of nitrogen functional groups attached to an aromatic ring is 1. The Balaban J connectivity index is 2.26. The molecule has 2 aromatic heterocycles. The lowest BCUT2D eigenvalue weighted by Gasteiger charge is -2.08. The molecule has 104 valence electrons. The molecule has 0 bridgehead atoms. The van der Waals surface area contributed by atoms with Gasteiger partial charge in [0.15, 0.2) is 11.2 Å². The highest BCUT2D eigenvalue weighted by atomic mass is 19.4. The molecule has 0 fully saturated rings. The van der Waals surface area contributed by atoms with Crippen LogP contribution in [0.2, 0.25) is 0 Å². The van der Waals surface area contributed by atoms with Crippen LogP contribution in [0.5, 0.6) is 5.88 Å². The smallest absolute Gasteiger partial charge is 0.389 e. The summed E-state index contributed by atoms with van der Waals surface area (Å²) in [4.78, 5) is 11.8. The molecule has 0 saturated heterocycles. The average Bonchev–Trinajstić information content (AvgIpc) is 2.64. The molecular formula is C10H12F3N5O. The molecule has 0 aliphatic carbocycles. The number of rotatable bonds is 4. The Bertz CT molecular complexity index is 580. The highest BCUT2D eigenvalue weighted by Gasteiger charge is 2.26. The first-order chi connectivity index (χ1) is 8.92. The summed E-state index contributed by atoms with van der Waals surface area (Å²) in [6, 6.07) is 0. The van der Waals surface area contributed by atoms with Crippen LogP contribution in [0.3, 0.4) is 0 Å². The molecule has 0 aromatic carbocycles. The van der Waals surface area contributed by atoms with Crippen LogP contribution >= 0.6 is 0 Å². The zero-order valence-corrected chi connectivity index (χ0v) is 10.1. The minimum Gasteiger partial charge on any atom is -0.479 e. The lowest BCUT2D eigenvalue weighted by molar-refractivity contribution is -0.135. The molecular weight excluding hydrogens is 263 g/mol. The minimum absolute atomic E-state index is 0.0853. The van der Waals surface area contributed by atoms with Gasteiger partial charge in [-0.25, -0.2) is 9.97 Å². The number of methoxy groups -OCH3 is 1. The van der Waals surface area contributed by atoms with Crippen LogP contribution in [0.25, 0.3) is 11.2 Å². The lowest BCUT2D eigenvalue weighted by Crippen LogP contribution is -2.10. The van der Waals surface area contributed by atoms with E-state index in [1.807, 2.05) is 0 Å². The average molecular weight is 275 g/mol. The summed E-state index contributed by atoms with van der Waals surface area (Å²) in [5.74, 6) is 0.335. The van der Waals surface area contributed by atoms with E-state index in [1.54, 1.807) is 0 Å². The van der Waals surface area contributed by atoms with Gasteiger partial charge in [0.2, 0.25) is 11.8 Å². The van der Waals surface area contributed by atoms with Gasteiger partial charge in [0.1, 0.15) is 6.33 Å². The molecule has 2 N–H and O–H groups in total. The Hall–Kier alpha value is -2.06. The summed E-state index contributed by atoms with van der Waals surface area (Å²) >= 11 is 0. The number of imidazole rings is 1. The first-order valence-corrected chi connectivity index (χ1v) is 5.50. The fourth-order valence-corrected chi connectivity index (χ4v) is 1.74. The SMILES string of the molecule is COc1ncnc2c1nc(N)n2CCCC(F)(F)F. The highest BCUT2D eigenvalue weighted by Crippen LogP contribution is 2.25. The van der Waals surface area contributed by atoms with Crippen LogP contribution < -0.4 is 10.5 Å². The van der Waals surface area contributed by atoms with Crippen molar-refractivity contribution < 1.29 is 17.9 Å². The molecule has 0 saturated carbocycles. The number of anilines is 1. The summed E-state index contributed by atoms with van der Waals surface area (Å²) < 4.78 is 42.8. The number of hydrogen-bond donors (Lipinski definition) is 1. The van der Waals surface area contributed by atoms with E-state index < -0.39 is 12.6 Å². The maximum absolute atomic E-state index is 12.1. The fraction of sp³-hybridized carbons (Fsp3) is 0.500. The zero-order chi connectivity index (χ0) is 14.0. The van der Waals surface area contributed by atoms with Gasteiger partial charge in [-0.05, 0) is 6.42 Å². The summed E-state index contributed by atoms with van der Waals surface area (Å²) in [5.41, 5.74) is 6.38. The second-order valence-electron chi connectivity index (χ2n) is 3.90. The molecule has 2 heterocycles. The van der Waals surface area contributed by atoms with E-state index in [-0.39, 0.29) is 24.8 Å². The monoisotopic (exact) mass is 275 g/mol. The van der Waals surface area contributed by atoms with Crippen molar-refractivity contribution in [3.63, 3.8) is 0 Å². The van der Waals surface area contributed by atoms with Crippen LogP contribution in [0.4, 0.5) is 19.1 Å². The minimum atomic E-state index is -4.18. The van der Waals surface area contributed by atoms with E-state index >= 15 is 0 Å². The number of aryl methyl sites for hydroxylation is 1. The number of fused-ring (bicyclic) bond motifs is 1. The molecule has 0 radical (unpaired) electrons. The third-order valence-corrected chi connectivity index (χ3v) is 2.56. The number of alkyl halides is 3. The van der Waals surface area contributed by atoms with Crippen molar-refractivity contribution >= 4 is 17.1 Å². The first kappa shape index (κ1) is 13.4. The summed E-state index contributed by atoms with van der Waals surface area (Å²) in [7, 11) is 1.42. The molecule has 0 aliphatic rings. The molecule has 19 heavy (non-hydrogen) atoms. The molecule has 9 heteroatoms. The predicted octanol–water partition coefficient (Wildman–Crippen LogP) is 1.76. The van der Waals surface area contributed by atoms with Gasteiger partial charge in [-0.2, -0.15) is 18.2 Å². The number of nitrogens with two attached hydrogens (primary N) is 1. The second kappa shape index (κ2) is 4.90. The number of aromatic nitrogens is 4. The fourth-order valence-electron chi connectivity index (χ4n) is 1.74. The molecule has 6 nitrogen and oxygen atoms in total. The molecule has 0 unspecified atom stereocenters. The summed E-state index contributed by atoms with van der Waals surface area (Å²) in [6.07, 6.45) is -3.90. The van der Waals surface area contributed by atoms with Gasteiger partial charge in [0.25, 0.3) is 0 Å². The molecule has 2 rings (SSSR count). The maximum atomic E-state index is 12.1. The summed E-state index contributed by atoms with van der Waals surface area (Å²) in [6.45, 7) is 0.0853. The number of halogens is 3. The zero-order valence-electron chi connectivity index (χ0n) is 10.1. The van der Waals surface area contributed by atoms with E-state index in [1.165, 1.54) is 18.0 Å². The van der Waals surface area contributed by atoms with E-state index in [2.05, 4.69) is 15.0 Å². The van der Waals surface area contributed by atoms with E-state index in [0.29, 0.717) is 11.2 Å². The van der Waals surface area contributed by atoms with Crippen LogP contribution in [0.1, 0.15) is 12.8 Å². The molecule has 0 spiro atoms. The van der Waals surface area contributed by atoms with Crippen molar-refractivity contribution in [1.29, 1.82) is 0 Å². The Morgan fingerprint density at radius 2 is 2.11 bits per heavy atom. The van der Waals surface area contributed by atoms with Crippen LogP contribution in [0, 0.1) is 0 Å². The first-order valence-electron chi connectivity index (χ1n) is 5.50. The molecule has 0 atom stereocenters. The van der Waals surface area contributed by atoms with Gasteiger partial charge in [0.05, 0.1) is 7.11 Å². The Morgan fingerprint density at radius 3 is 2.74 bits per heavy atom. The van der Waals surface area contributed by atoms with Gasteiger partial charge < -0.3 is 10.5 Å². The largest absolute Gasteiger partial charge is 0.479 e. The van der Waals surface area contributed by atoms with Gasteiger partial charge in [-0.15, -0.1) is 0 Å². The highest BCUT2D eigenvalue weighted by molar-refractivity contribution is 5.78. The van der Waals surface area contributed by atoms with E-state index in [4.69, 9.17) is 10.5 Å². The van der Waals surface area contributed by atoms with Crippen molar-refractivity contribution in [1.82, 2.24) is 19.5 Å². The second-order valence-corrected chi connectivity index (χ2v) is 3.90. The van der Waals surface area contributed by atoms with Gasteiger partial charge in [0, 0.05) is 13.0 Å². The molecule has 0 amide bonds. The normalized spacial score (nSPS) is 12.0. The Labute approximate surface area is 106 Å². The lowest BCUT2D eigenvalue weighted by atomic mass is 10.3. The number of hydrogen-bond acceptors (Lipinski definition) is 5. The third kappa shape index (κ3) is 2.85. The van der Waals surface area contributed by atoms with Gasteiger partial charge in [-0.1, -0.05) is 0 Å². The van der Waals surface area contributed by atoms with E-state index in [0.717, 1.165) is 0 Å². The predicted molar refractivity (Wildman–Crippen MR) is 61.6 cm³/mol. The van der Waals surface area contributed by atoms with Crippen LogP contribution in [0.15, 0.2) is 6.33 Å². The van der Waals surface area contributed by atoms with Crippen LogP contribution in [-0.4, -0.2) is 32.8 Å². The topological polar surface area (TPSA) is 78.8 Å². The van der Waals surface area contributed by atoms with Crippen LogP contribution in [-0.2, 0) is 6.54 Å². The Morgan fingerprint density at radius 1 is 1.37 bits per heavy atom. The van der Waals surface area contributed by atoms with Crippen molar-refractivity contribution in [2.24, 2.45) is 0 Å². The number of nitrogens with zero attached hydrogens (tertiary/aromatic N) is 4. The molecule has 2 aromatic rings. The van der Waals surface area contributed by atoms with Crippen molar-refractivity contribution in [2.45, 2.75) is 25.6 Å².